The van der Waals surface area contributed by atoms with Gasteiger partial charge in [0.1, 0.15) is 12.6 Å². The molecule has 1 aliphatic rings. The molecule has 0 aliphatic heterocycles. The lowest BCUT2D eigenvalue weighted by molar-refractivity contribution is -0.142. The zero-order chi connectivity index (χ0) is 12.8. The maximum absolute atomic E-state index is 11.4. The van der Waals surface area contributed by atoms with E-state index in [9.17, 15) is 9.59 Å². The van der Waals surface area contributed by atoms with E-state index >= 15 is 0 Å². The molecule has 0 aromatic rings. The first-order valence-corrected chi connectivity index (χ1v) is 6.14. The highest BCUT2D eigenvalue weighted by Crippen LogP contribution is 2.25. The largest absolute Gasteiger partial charge is 0.480 e. The van der Waals surface area contributed by atoms with Crippen molar-refractivity contribution in [2.45, 2.75) is 51.7 Å². The summed E-state index contributed by atoms with van der Waals surface area (Å²) in [7, 11) is 0. The number of nitrogens with one attached hydrogen (secondary N) is 1. The maximum Gasteiger partial charge on any atom is 0.325 e. The fraction of sp³-hybridized carbons (Fsp3) is 0.833. The van der Waals surface area contributed by atoms with Crippen LogP contribution in [0.5, 0.6) is 0 Å². The molecule has 1 fully saturated rings. The molecule has 0 spiro atoms. The number of amides is 1. The fourth-order valence-corrected chi connectivity index (χ4v) is 2.06. The minimum Gasteiger partial charge on any atom is -0.480 e. The molecule has 1 aliphatic carbocycles. The van der Waals surface area contributed by atoms with Gasteiger partial charge in [-0.15, -0.1) is 0 Å². The van der Waals surface area contributed by atoms with Gasteiger partial charge in [-0.1, -0.05) is 19.8 Å². The van der Waals surface area contributed by atoms with E-state index in [1.807, 2.05) is 0 Å². The third-order valence-electron chi connectivity index (χ3n) is 3.21. The first-order chi connectivity index (χ1) is 8.00. The highest BCUT2D eigenvalue weighted by atomic mass is 16.5. The van der Waals surface area contributed by atoms with Gasteiger partial charge in [0.25, 0.3) is 0 Å². The number of hydrogen-bond acceptors (Lipinski definition) is 3. The predicted octanol–water partition coefficient (Wildman–Crippen LogP) is 1.17. The van der Waals surface area contributed by atoms with Crippen molar-refractivity contribution in [1.29, 1.82) is 0 Å². The molecule has 5 nitrogen and oxygen atoms in total. The molecule has 0 radical (unpaired) electrons. The second-order valence-corrected chi connectivity index (χ2v) is 4.74. The molecule has 17 heavy (non-hydrogen) atoms. The van der Waals surface area contributed by atoms with Crippen LogP contribution in [0.15, 0.2) is 0 Å². The Labute approximate surface area is 102 Å². The fourth-order valence-electron chi connectivity index (χ4n) is 2.06. The van der Waals surface area contributed by atoms with Gasteiger partial charge in [0.2, 0.25) is 5.91 Å². The number of carboxylic acids is 1. The van der Waals surface area contributed by atoms with Crippen LogP contribution in [-0.4, -0.2) is 35.7 Å². The van der Waals surface area contributed by atoms with Crippen LogP contribution in [-0.2, 0) is 14.3 Å². The molecule has 0 saturated heterocycles. The molecule has 0 aromatic carbocycles. The van der Waals surface area contributed by atoms with Gasteiger partial charge in [-0.2, -0.15) is 0 Å². The van der Waals surface area contributed by atoms with Crippen molar-refractivity contribution in [3.05, 3.63) is 0 Å². The number of rotatable bonds is 5. The first kappa shape index (κ1) is 14.0. The molecule has 98 valence electrons. The van der Waals surface area contributed by atoms with Crippen LogP contribution in [0.3, 0.4) is 0 Å². The van der Waals surface area contributed by atoms with Crippen LogP contribution >= 0.6 is 0 Å². The van der Waals surface area contributed by atoms with Gasteiger partial charge in [0, 0.05) is 0 Å². The van der Waals surface area contributed by atoms with Gasteiger partial charge in [-0.05, 0) is 25.7 Å². The Hall–Kier alpha value is -1.10. The standard InChI is InChI=1S/C12H21NO4/c1-8-5-3-4-6-10(8)17-7-11(14)13-9(2)12(15)16/h8-10H,3-7H2,1-2H3,(H,13,14)(H,15,16)/t8-,9-,10-/m0/s1. The zero-order valence-corrected chi connectivity index (χ0v) is 10.4. The third-order valence-corrected chi connectivity index (χ3v) is 3.21. The van der Waals surface area contributed by atoms with Crippen molar-refractivity contribution in [3.8, 4) is 0 Å². The van der Waals surface area contributed by atoms with Gasteiger partial charge >= 0.3 is 5.97 Å². The Morgan fingerprint density at radius 1 is 1.41 bits per heavy atom. The summed E-state index contributed by atoms with van der Waals surface area (Å²) >= 11 is 0. The molecule has 5 heteroatoms. The Morgan fingerprint density at radius 3 is 2.65 bits per heavy atom. The summed E-state index contributed by atoms with van der Waals surface area (Å²) < 4.78 is 5.53. The second-order valence-electron chi connectivity index (χ2n) is 4.74. The van der Waals surface area contributed by atoms with E-state index in [4.69, 9.17) is 9.84 Å². The number of carbonyl (C=O) groups excluding carboxylic acids is 1. The summed E-state index contributed by atoms with van der Waals surface area (Å²) in [6.45, 7) is 3.51. The number of aliphatic carboxylic acids is 1. The Balaban J connectivity index is 2.25. The van der Waals surface area contributed by atoms with Gasteiger partial charge in [-0.3, -0.25) is 9.59 Å². The highest BCUT2D eigenvalue weighted by molar-refractivity contribution is 5.83. The van der Waals surface area contributed by atoms with Crippen LogP contribution in [0.25, 0.3) is 0 Å². The molecule has 0 unspecified atom stereocenters. The topological polar surface area (TPSA) is 75.6 Å². The van der Waals surface area contributed by atoms with Crippen LogP contribution in [0.2, 0.25) is 0 Å². The van der Waals surface area contributed by atoms with Crippen molar-refractivity contribution in [1.82, 2.24) is 5.32 Å². The van der Waals surface area contributed by atoms with Gasteiger partial charge in [-0.25, -0.2) is 0 Å². The Bertz CT molecular complexity index is 280. The number of hydrogen-bond donors (Lipinski definition) is 2. The van der Waals surface area contributed by atoms with Crippen LogP contribution in [0.1, 0.15) is 39.5 Å². The predicted molar refractivity (Wildman–Crippen MR) is 62.6 cm³/mol. The maximum atomic E-state index is 11.4. The summed E-state index contributed by atoms with van der Waals surface area (Å²) in [4.78, 5) is 21.9. The van der Waals surface area contributed by atoms with E-state index in [-0.39, 0.29) is 18.6 Å². The molecule has 3 atom stereocenters. The van der Waals surface area contributed by atoms with Crippen LogP contribution < -0.4 is 5.32 Å². The lowest BCUT2D eigenvalue weighted by Crippen LogP contribution is -2.41. The third kappa shape index (κ3) is 4.73. The summed E-state index contributed by atoms with van der Waals surface area (Å²) in [5.41, 5.74) is 0. The molecule has 1 amide bonds. The van der Waals surface area contributed by atoms with E-state index < -0.39 is 12.0 Å². The zero-order valence-electron chi connectivity index (χ0n) is 10.4. The quantitative estimate of drug-likeness (QED) is 0.760. The molecule has 1 saturated carbocycles. The number of carboxylic acid groups (broad SMARTS) is 1. The lowest BCUT2D eigenvalue weighted by atomic mass is 9.88. The Kier molecular flexibility index (Phi) is 5.41. The van der Waals surface area contributed by atoms with Crippen LogP contribution in [0.4, 0.5) is 0 Å². The second kappa shape index (κ2) is 6.59. The minimum atomic E-state index is -1.04. The summed E-state index contributed by atoms with van der Waals surface area (Å²) in [6, 6.07) is -0.866. The lowest BCUT2D eigenvalue weighted by Gasteiger charge is -2.28. The van der Waals surface area contributed by atoms with E-state index in [1.54, 1.807) is 0 Å². The monoisotopic (exact) mass is 243 g/mol. The summed E-state index contributed by atoms with van der Waals surface area (Å²) in [5, 5.41) is 11.0. The smallest absolute Gasteiger partial charge is 0.325 e. The van der Waals surface area contributed by atoms with E-state index in [1.165, 1.54) is 13.3 Å². The minimum absolute atomic E-state index is 0.0490. The van der Waals surface area contributed by atoms with Gasteiger partial charge in [0.05, 0.1) is 6.10 Å². The Morgan fingerprint density at radius 2 is 2.06 bits per heavy atom. The average Bonchev–Trinajstić information content (AvgIpc) is 2.27. The van der Waals surface area contributed by atoms with Crippen molar-refractivity contribution in [3.63, 3.8) is 0 Å². The van der Waals surface area contributed by atoms with Crippen molar-refractivity contribution < 1.29 is 19.4 Å². The van der Waals surface area contributed by atoms with Crippen molar-refractivity contribution in [2.24, 2.45) is 5.92 Å². The molecule has 1 rings (SSSR count). The number of carbonyl (C=O) groups is 2. The van der Waals surface area contributed by atoms with Crippen molar-refractivity contribution >= 4 is 11.9 Å². The molecular weight excluding hydrogens is 222 g/mol. The van der Waals surface area contributed by atoms with E-state index in [0.717, 1.165) is 19.3 Å². The van der Waals surface area contributed by atoms with E-state index in [2.05, 4.69) is 12.2 Å². The van der Waals surface area contributed by atoms with Crippen molar-refractivity contribution in [2.75, 3.05) is 6.61 Å². The number of ether oxygens (including phenoxy) is 1. The highest BCUT2D eigenvalue weighted by Gasteiger charge is 2.23. The SMILES string of the molecule is C[C@H](NC(=O)CO[C@H]1CCCC[C@@H]1C)C(=O)O. The van der Waals surface area contributed by atoms with Gasteiger partial charge in [0.15, 0.2) is 0 Å². The molecule has 0 heterocycles. The summed E-state index contributed by atoms with van der Waals surface area (Å²) in [6.07, 6.45) is 4.63. The average molecular weight is 243 g/mol. The summed E-state index contributed by atoms with van der Waals surface area (Å²) in [5.74, 6) is -0.921. The molecular formula is C12H21NO4. The first-order valence-electron chi connectivity index (χ1n) is 6.14. The van der Waals surface area contributed by atoms with E-state index in [0.29, 0.717) is 5.92 Å². The van der Waals surface area contributed by atoms with Gasteiger partial charge < -0.3 is 15.2 Å². The molecule has 0 aromatic heterocycles. The normalized spacial score (nSPS) is 26.2. The molecule has 2 N–H and O–H groups in total. The van der Waals surface area contributed by atoms with Crippen LogP contribution in [0, 0.1) is 5.92 Å². The molecule has 0 bridgehead atoms.